The molecule has 28 heavy (non-hydrogen) atoms. The molecule has 4 rings (SSSR count). The monoisotopic (exact) mass is 391 g/mol. The lowest BCUT2D eigenvalue weighted by Crippen LogP contribution is -2.15. The first-order chi connectivity index (χ1) is 13.6. The Balaban J connectivity index is 1.58. The number of nitrogens with zero attached hydrogens (tertiary/aromatic N) is 3. The average molecular weight is 391 g/mol. The molecule has 0 radical (unpaired) electrons. The number of H-pyrrole nitrogens is 1. The molecule has 2 N–H and O–H groups in total. The Morgan fingerprint density at radius 2 is 1.89 bits per heavy atom. The van der Waals surface area contributed by atoms with Crippen LogP contribution in [0.2, 0.25) is 0 Å². The van der Waals surface area contributed by atoms with Gasteiger partial charge in [0, 0.05) is 5.69 Å². The molecule has 4 aromatic rings. The molecule has 0 unspecified atom stereocenters. The van der Waals surface area contributed by atoms with Crippen LogP contribution in [0.3, 0.4) is 0 Å². The Morgan fingerprint density at radius 1 is 1.14 bits per heavy atom. The highest BCUT2D eigenvalue weighted by atomic mass is 32.2. The highest BCUT2D eigenvalue weighted by Crippen LogP contribution is 2.20. The van der Waals surface area contributed by atoms with Crippen molar-refractivity contribution in [1.82, 2.24) is 19.7 Å². The fourth-order valence-corrected chi connectivity index (χ4v) is 3.45. The van der Waals surface area contributed by atoms with Gasteiger partial charge in [-0.05, 0) is 30.7 Å². The molecule has 0 saturated heterocycles. The largest absolute Gasteiger partial charge is 0.325 e. The van der Waals surface area contributed by atoms with Gasteiger partial charge in [0.05, 0.1) is 17.6 Å². The smallest absolute Gasteiger partial charge is 0.262 e. The van der Waals surface area contributed by atoms with Gasteiger partial charge in [-0.15, -0.1) is 0 Å². The number of para-hydroxylation sites is 2. The zero-order chi connectivity index (χ0) is 19.5. The van der Waals surface area contributed by atoms with Crippen molar-refractivity contribution in [3.8, 4) is 5.69 Å². The molecule has 2 heterocycles. The first kappa shape index (κ1) is 18.0. The standard InChI is InChI=1S/C20H17N5O2S/c1-13-7-5-6-10-16(13)25-18-15(11-21-25)19(27)24-20(23-18)28-12-17(26)22-14-8-3-2-4-9-14/h2-11H,12H2,1H3,(H,22,26)(H,23,24,27). The Kier molecular flexibility index (Phi) is 4.94. The second kappa shape index (κ2) is 7.69. The van der Waals surface area contributed by atoms with E-state index in [9.17, 15) is 9.59 Å². The molecular weight excluding hydrogens is 374 g/mol. The molecule has 0 bridgehead atoms. The maximum atomic E-state index is 12.4. The van der Waals surface area contributed by atoms with Crippen LogP contribution in [0.15, 0.2) is 70.7 Å². The van der Waals surface area contributed by atoms with Crippen molar-refractivity contribution in [2.45, 2.75) is 12.1 Å². The fourth-order valence-electron chi connectivity index (χ4n) is 2.80. The van der Waals surface area contributed by atoms with Crippen LogP contribution in [0, 0.1) is 6.92 Å². The summed E-state index contributed by atoms with van der Waals surface area (Å²) in [5, 5.41) is 7.91. The third kappa shape index (κ3) is 3.67. The van der Waals surface area contributed by atoms with E-state index in [0.29, 0.717) is 16.2 Å². The summed E-state index contributed by atoms with van der Waals surface area (Å²) in [7, 11) is 0. The van der Waals surface area contributed by atoms with Crippen molar-refractivity contribution in [1.29, 1.82) is 0 Å². The number of nitrogens with one attached hydrogen (secondary N) is 2. The first-order valence-electron chi connectivity index (χ1n) is 8.63. The van der Waals surface area contributed by atoms with E-state index < -0.39 is 0 Å². The van der Waals surface area contributed by atoms with Gasteiger partial charge in [0.25, 0.3) is 5.56 Å². The van der Waals surface area contributed by atoms with Crippen LogP contribution in [0.1, 0.15) is 5.56 Å². The predicted octanol–water partition coefficient (Wildman–Crippen LogP) is 3.15. The van der Waals surface area contributed by atoms with Crippen molar-refractivity contribution < 1.29 is 4.79 Å². The summed E-state index contributed by atoms with van der Waals surface area (Å²) in [4.78, 5) is 31.8. The maximum Gasteiger partial charge on any atom is 0.262 e. The molecule has 0 atom stereocenters. The van der Waals surface area contributed by atoms with Gasteiger partial charge < -0.3 is 10.3 Å². The minimum Gasteiger partial charge on any atom is -0.325 e. The quantitative estimate of drug-likeness (QED) is 0.403. The Labute approximate surface area is 164 Å². The summed E-state index contributed by atoms with van der Waals surface area (Å²) >= 11 is 1.17. The van der Waals surface area contributed by atoms with Crippen LogP contribution in [0.25, 0.3) is 16.7 Å². The van der Waals surface area contributed by atoms with E-state index in [2.05, 4.69) is 20.4 Å². The minimum atomic E-state index is -0.282. The number of anilines is 1. The number of carbonyl (C=O) groups excluding carboxylic acids is 1. The molecule has 0 spiro atoms. The molecule has 8 heteroatoms. The molecule has 140 valence electrons. The second-order valence-corrected chi connectivity index (χ2v) is 7.12. The predicted molar refractivity (Wildman–Crippen MR) is 110 cm³/mol. The van der Waals surface area contributed by atoms with E-state index >= 15 is 0 Å². The van der Waals surface area contributed by atoms with Crippen molar-refractivity contribution >= 4 is 34.4 Å². The number of aromatic amines is 1. The van der Waals surface area contributed by atoms with Gasteiger partial charge >= 0.3 is 0 Å². The van der Waals surface area contributed by atoms with Crippen LogP contribution >= 0.6 is 11.8 Å². The summed E-state index contributed by atoms with van der Waals surface area (Å²) < 4.78 is 1.65. The minimum absolute atomic E-state index is 0.127. The van der Waals surface area contributed by atoms with E-state index in [4.69, 9.17) is 0 Å². The van der Waals surface area contributed by atoms with Crippen LogP contribution in [-0.2, 0) is 4.79 Å². The van der Waals surface area contributed by atoms with Crippen molar-refractivity contribution in [2.75, 3.05) is 11.1 Å². The number of benzene rings is 2. The van der Waals surface area contributed by atoms with Gasteiger partial charge in [-0.25, -0.2) is 9.67 Å². The average Bonchev–Trinajstić information content (AvgIpc) is 3.12. The third-order valence-corrected chi connectivity index (χ3v) is 5.03. The lowest BCUT2D eigenvalue weighted by molar-refractivity contribution is -0.113. The number of amides is 1. The summed E-state index contributed by atoms with van der Waals surface area (Å²) in [5.74, 6) is -0.0478. The zero-order valence-corrected chi connectivity index (χ0v) is 15.9. The maximum absolute atomic E-state index is 12.4. The lowest BCUT2D eigenvalue weighted by Gasteiger charge is -2.07. The number of fused-ring (bicyclic) bond motifs is 1. The number of thioether (sulfide) groups is 1. The number of hydrogen-bond acceptors (Lipinski definition) is 5. The van der Waals surface area contributed by atoms with E-state index in [1.807, 2.05) is 61.5 Å². The first-order valence-corrected chi connectivity index (χ1v) is 9.62. The van der Waals surface area contributed by atoms with Crippen molar-refractivity contribution in [2.24, 2.45) is 0 Å². The normalized spacial score (nSPS) is 10.9. The Hall–Kier alpha value is -3.39. The van der Waals surface area contributed by atoms with E-state index in [-0.39, 0.29) is 17.2 Å². The number of aromatic nitrogens is 4. The summed E-state index contributed by atoms with van der Waals surface area (Å²) in [6.07, 6.45) is 1.50. The second-order valence-electron chi connectivity index (χ2n) is 6.15. The lowest BCUT2D eigenvalue weighted by atomic mass is 10.2. The fraction of sp³-hybridized carbons (Fsp3) is 0.100. The van der Waals surface area contributed by atoms with Gasteiger partial charge in [-0.1, -0.05) is 48.2 Å². The molecule has 0 aliphatic heterocycles. The van der Waals surface area contributed by atoms with Crippen molar-refractivity contribution in [3.63, 3.8) is 0 Å². The van der Waals surface area contributed by atoms with Crippen LogP contribution in [0.5, 0.6) is 0 Å². The summed E-state index contributed by atoms with van der Waals surface area (Å²) in [6, 6.07) is 17.0. The molecule has 0 fully saturated rings. The van der Waals surface area contributed by atoms with Gasteiger partial charge in [0.1, 0.15) is 5.39 Å². The molecule has 2 aromatic heterocycles. The third-order valence-electron chi connectivity index (χ3n) is 4.16. The molecule has 0 saturated carbocycles. The van der Waals surface area contributed by atoms with Gasteiger partial charge in [-0.2, -0.15) is 5.10 Å². The summed E-state index contributed by atoms with van der Waals surface area (Å²) in [6.45, 7) is 1.97. The van der Waals surface area contributed by atoms with E-state index in [0.717, 1.165) is 16.9 Å². The molecule has 0 aliphatic carbocycles. The molecule has 0 aliphatic rings. The van der Waals surface area contributed by atoms with Gasteiger partial charge in [-0.3, -0.25) is 9.59 Å². The number of carbonyl (C=O) groups is 1. The summed E-state index contributed by atoms with van der Waals surface area (Å²) in [5.41, 5.74) is 2.78. The zero-order valence-electron chi connectivity index (χ0n) is 15.0. The molecular formula is C20H17N5O2S. The number of hydrogen-bond donors (Lipinski definition) is 2. The van der Waals surface area contributed by atoms with Crippen LogP contribution in [-0.4, -0.2) is 31.4 Å². The Morgan fingerprint density at radius 3 is 2.68 bits per heavy atom. The van der Waals surface area contributed by atoms with E-state index in [1.54, 1.807) is 4.68 Å². The molecule has 2 aromatic carbocycles. The SMILES string of the molecule is Cc1ccccc1-n1ncc2c(=O)[nH]c(SCC(=O)Nc3ccccc3)nc21. The van der Waals surface area contributed by atoms with E-state index in [1.165, 1.54) is 18.0 Å². The Bertz CT molecular complexity index is 1200. The van der Waals surface area contributed by atoms with Crippen LogP contribution in [0.4, 0.5) is 5.69 Å². The topological polar surface area (TPSA) is 92.7 Å². The van der Waals surface area contributed by atoms with Gasteiger partial charge in [0.2, 0.25) is 5.91 Å². The van der Waals surface area contributed by atoms with Crippen molar-refractivity contribution in [3.05, 3.63) is 76.7 Å². The number of aryl methyl sites for hydroxylation is 1. The highest BCUT2D eigenvalue weighted by Gasteiger charge is 2.14. The molecule has 7 nitrogen and oxygen atoms in total. The number of rotatable bonds is 5. The highest BCUT2D eigenvalue weighted by molar-refractivity contribution is 7.99. The van der Waals surface area contributed by atoms with Gasteiger partial charge in [0.15, 0.2) is 10.8 Å². The molecule has 1 amide bonds. The van der Waals surface area contributed by atoms with Crippen LogP contribution < -0.4 is 10.9 Å².